The van der Waals surface area contributed by atoms with Crippen LogP contribution in [0.4, 0.5) is 0 Å². The number of benzene rings is 1. The lowest BCUT2D eigenvalue weighted by Crippen LogP contribution is -1.95. The SMILES string of the molecule is Cc1c(CCCCCC(=O)O)c2ccccc2n1C. The van der Waals surface area contributed by atoms with Gasteiger partial charge in [0.05, 0.1) is 0 Å². The third-order valence-corrected chi connectivity index (χ3v) is 3.85. The molecule has 0 spiro atoms. The lowest BCUT2D eigenvalue weighted by atomic mass is 10.0. The number of rotatable bonds is 6. The number of para-hydroxylation sites is 1. The van der Waals surface area contributed by atoms with Gasteiger partial charge in [-0.15, -0.1) is 0 Å². The predicted molar refractivity (Wildman–Crippen MR) is 77.5 cm³/mol. The molecule has 0 radical (unpaired) electrons. The highest BCUT2D eigenvalue weighted by Gasteiger charge is 2.10. The molecule has 0 aliphatic carbocycles. The molecule has 2 rings (SSSR count). The first-order chi connectivity index (χ1) is 9.11. The van der Waals surface area contributed by atoms with E-state index < -0.39 is 5.97 Å². The Labute approximate surface area is 113 Å². The summed E-state index contributed by atoms with van der Waals surface area (Å²) in [6.07, 6.45) is 4.14. The molecule has 1 N–H and O–H groups in total. The fraction of sp³-hybridized carbons (Fsp3) is 0.438. The summed E-state index contributed by atoms with van der Waals surface area (Å²) in [5, 5.41) is 9.95. The van der Waals surface area contributed by atoms with Crippen molar-refractivity contribution in [2.75, 3.05) is 0 Å². The number of fused-ring (bicyclic) bond motifs is 1. The van der Waals surface area contributed by atoms with Crippen molar-refractivity contribution < 1.29 is 9.90 Å². The largest absolute Gasteiger partial charge is 0.481 e. The van der Waals surface area contributed by atoms with Gasteiger partial charge in [-0.3, -0.25) is 4.79 Å². The number of hydrogen-bond acceptors (Lipinski definition) is 1. The van der Waals surface area contributed by atoms with E-state index in [0.29, 0.717) is 0 Å². The lowest BCUT2D eigenvalue weighted by molar-refractivity contribution is -0.137. The highest BCUT2D eigenvalue weighted by atomic mass is 16.4. The molecule has 0 amide bonds. The Hall–Kier alpha value is -1.77. The third kappa shape index (κ3) is 2.98. The summed E-state index contributed by atoms with van der Waals surface area (Å²) in [4.78, 5) is 10.5. The Morgan fingerprint density at radius 2 is 1.95 bits per heavy atom. The van der Waals surface area contributed by atoms with Crippen LogP contribution >= 0.6 is 0 Å². The van der Waals surface area contributed by atoms with Gasteiger partial charge in [-0.1, -0.05) is 24.6 Å². The maximum absolute atomic E-state index is 10.5. The van der Waals surface area contributed by atoms with Crippen LogP contribution in [0.1, 0.15) is 36.9 Å². The number of carboxylic acid groups (broad SMARTS) is 1. The summed E-state index contributed by atoms with van der Waals surface area (Å²) in [6, 6.07) is 8.47. The van der Waals surface area contributed by atoms with Crippen LogP contribution < -0.4 is 0 Å². The highest BCUT2D eigenvalue weighted by Crippen LogP contribution is 2.26. The smallest absolute Gasteiger partial charge is 0.303 e. The summed E-state index contributed by atoms with van der Waals surface area (Å²) in [5.41, 5.74) is 4.01. The van der Waals surface area contributed by atoms with Gasteiger partial charge in [0.25, 0.3) is 0 Å². The standard InChI is InChI=1S/C16H21NO2/c1-12-13(8-4-3-5-11-16(18)19)14-9-6-7-10-15(14)17(12)2/h6-7,9-10H,3-5,8,11H2,1-2H3,(H,18,19). The average molecular weight is 259 g/mol. The summed E-state index contributed by atoms with van der Waals surface area (Å²) in [5.74, 6) is -0.693. The lowest BCUT2D eigenvalue weighted by Gasteiger charge is -2.02. The monoisotopic (exact) mass is 259 g/mol. The molecule has 3 heteroatoms. The average Bonchev–Trinajstić information content (AvgIpc) is 2.63. The van der Waals surface area contributed by atoms with Gasteiger partial charge in [-0.2, -0.15) is 0 Å². The molecule has 1 aromatic heterocycles. The van der Waals surface area contributed by atoms with Gasteiger partial charge < -0.3 is 9.67 Å². The minimum atomic E-state index is -0.693. The Balaban J connectivity index is 2.04. The quantitative estimate of drug-likeness (QED) is 0.804. The third-order valence-electron chi connectivity index (χ3n) is 3.85. The number of carbonyl (C=O) groups is 1. The van der Waals surface area contributed by atoms with Crippen LogP contribution in [0.25, 0.3) is 10.9 Å². The van der Waals surface area contributed by atoms with Gasteiger partial charge in [0.1, 0.15) is 0 Å². The molecule has 0 bridgehead atoms. The number of nitrogens with zero attached hydrogens (tertiary/aromatic N) is 1. The first-order valence-electron chi connectivity index (χ1n) is 6.86. The van der Waals surface area contributed by atoms with E-state index in [9.17, 15) is 4.79 Å². The number of carboxylic acids is 1. The van der Waals surface area contributed by atoms with Crippen molar-refractivity contribution in [1.29, 1.82) is 0 Å². The summed E-state index contributed by atoms with van der Waals surface area (Å²) in [6.45, 7) is 2.16. The van der Waals surface area contributed by atoms with Crippen molar-refractivity contribution in [3.05, 3.63) is 35.5 Å². The van der Waals surface area contributed by atoms with Crippen LogP contribution in [0.3, 0.4) is 0 Å². The van der Waals surface area contributed by atoms with E-state index in [-0.39, 0.29) is 6.42 Å². The Kier molecular flexibility index (Phi) is 4.25. The molecule has 102 valence electrons. The number of unbranched alkanes of at least 4 members (excludes halogenated alkanes) is 2. The molecule has 0 fully saturated rings. The van der Waals surface area contributed by atoms with Crippen molar-refractivity contribution >= 4 is 16.9 Å². The zero-order valence-corrected chi connectivity index (χ0v) is 11.6. The minimum Gasteiger partial charge on any atom is -0.481 e. The molecule has 19 heavy (non-hydrogen) atoms. The van der Waals surface area contributed by atoms with Crippen molar-refractivity contribution in [3.63, 3.8) is 0 Å². The zero-order chi connectivity index (χ0) is 13.8. The van der Waals surface area contributed by atoms with Crippen molar-refractivity contribution in [2.45, 2.75) is 39.0 Å². The van der Waals surface area contributed by atoms with E-state index in [1.165, 1.54) is 22.2 Å². The number of aliphatic carboxylic acids is 1. The molecule has 0 unspecified atom stereocenters. The van der Waals surface area contributed by atoms with Crippen LogP contribution in [0.5, 0.6) is 0 Å². The predicted octanol–water partition coefficient (Wildman–Crippen LogP) is 3.67. The maximum Gasteiger partial charge on any atom is 0.303 e. The van der Waals surface area contributed by atoms with Crippen LogP contribution in [0, 0.1) is 6.92 Å². The van der Waals surface area contributed by atoms with Crippen LogP contribution in [-0.4, -0.2) is 15.6 Å². The van der Waals surface area contributed by atoms with Crippen molar-refractivity contribution in [1.82, 2.24) is 4.57 Å². The molecule has 2 aromatic rings. The van der Waals surface area contributed by atoms with Gasteiger partial charge in [-0.05, 0) is 37.8 Å². The van der Waals surface area contributed by atoms with E-state index in [2.05, 4.69) is 42.8 Å². The first kappa shape index (κ1) is 13.7. The molecule has 0 aliphatic rings. The molecular formula is C16H21NO2. The molecule has 0 saturated heterocycles. The van der Waals surface area contributed by atoms with Gasteiger partial charge in [0.2, 0.25) is 0 Å². The van der Waals surface area contributed by atoms with Crippen molar-refractivity contribution in [3.8, 4) is 0 Å². The van der Waals surface area contributed by atoms with E-state index in [4.69, 9.17) is 5.11 Å². The van der Waals surface area contributed by atoms with Gasteiger partial charge in [0.15, 0.2) is 0 Å². The maximum atomic E-state index is 10.5. The van der Waals surface area contributed by atoms with Gasteiger partial charge in [0, 0.05) is 30.1 Å². The Morgan fingerprint density at radius 1 is 1.21 bits per heavy atom. The Bertz CT molecular complexity index is 584. The van der Waals surface area contributed by atoms with Crippen LogP contribution in [0.2, 0.25) is 0 Å². The second-order valence-corrected chi connectivity index (χ2v) is 5.09. The van der Waals surface area contributed by atoms with E-state index >= 15 is 0 Å². The van der Waals surface area contributed by atoms with Gasteiger partial charge in [-0.25, -0.2) is 0 Å². The topological polar surface area (TPSA) is 42.2 Å². The molecule has 1 heterocycles. The molecule has 0 aliphatic heterocycles. The summed E-state index contributed by atoms with van der Waals surface area (Å²) < 4.78 is 2.24. The van der Waals surface area contributed by atoms with Crippen LogP contribution in [-0.2, 0) is 18.3 Å². The summed E-state index contributed by atoms with van der Waals surface area (Å²) in [7, 11) is 2.10. The minimum absolute atomic E-state index is 0.286. The fourth-order valence-electron chi connectivity index (χ4n) is 2.67. The van der Waals surface area contributed by atoms with Crippen molar-refractivity contribution in [2.24, 2.45) is 7.05 Å². The van der Waals surface area contributed by atoms with E-state index in [0.717, 1.165) is 25.7 Å². The molecule has 0 atom stereocenters. The van der Waals surface area contributed by atoms with Gasteiger partial charge >= 0.3 is 5.97 Å². The highest BCUT2D eigenvalue weighted by molar-refractivity contribution is 5.85. The van der Waals surface area contributed by atoms with E-state index in [1.807, 2.05) is 0 Å². The molecular weight excluding hydrogens is 238 g/mol. The number of aryl methyl sites for hydroxylation is 2. The van der Waals surface area contributed by atoms with Crippen LogP contribution in [0.15, 0.2) is 24.3 Å². The second-order valence-electron chi connectivity index (χ2n) is 5.09. The van der Waals surface area contributed by atoms with E-state index in [1.54, 1.807) is 0 Å². The number of aromatic nitrogens is 1. The fourth-order valence-corrected chi connectivity index (χ4v) is 2.67. The normalized spacial score (nSPS) is 11.1. The second kappa shape index (κ2) is 5.91. The zero-order valence-electron chi connectivity index (χ0n) is 11.6. The molecule has 0 saturated carbocycles. The Morgan fingerprint density at radius 3 is 2.68 bits per heavy atom. The summed E-state index contributed by atoms with van der Waals surface area (Å²) >= 11 is 0. The first-order valence-corrected chi connectivity index (χ1v) is 6.86. The molecule has 1 aromatic carbocycles. The number of hydrogen-bond donors (Lipinski definition) is 1. The molecule has 3 nitrogen and oxygen atoms in total.